The van der Waals surface area contributed by atoms with Crippen molar-refractivity contribution >= 4 is 5.91 Å². The molecule has 1 aromatic carbocycles. The molecule has 2 rings (SSSR count). The largest absolute Gasteiger partial charge is 0.352 e. The summed E-state index contributed by atoms with van der Waals surface area (Å²) in [4.78, 5) is 13.4. The first-order valence-electron chi connectivity index (χ1n) is 6.95. The Labute approximate surface area is 120 Å². The molecule has 1 fully saturated rings. The predicted octanol–water partition coefficient (Wildman–Crippen LogP) is 0.707. The van der Waals surface area contributed by atoms with Gasteiger partial charge < -0.3 is 11.1 Å². The summed E-state index contributed by atoms with van der Waals surface area (Å²) in [6.45, 7) is 4.72. The Morgan fingerprint density at radius 1 is 1.50 bits per heavy atom. The number of nitrogens with zero attached hydrogens (tertiary/aromatic N) is 1. The number of benzene rings is 1. The van der Waals surface area contributed by atoms with E-state index in [1.54, 1.807) is 6.92 Å². The fourth-order valence-electron chi connectivity index (χ4n) is 2.55. The van der Waals surface area contributed by atoms with Crippen molar-refractivity contribution in [1.29, 1.82) is 0 Å². The van der Waals surface area contributed by atoms with Crippen LogP contribution < -0.4 is 11.1 Å². The monoisotopic (exact) mass is 271 g/mol. The highest BCUT2D eigenvalue weighted by Crippen LogP contribution is 2.16. The van der Waals surface area contributed by atoms with Crippen molar-refractivity contribution in [3.63, 3.8) is 0 Å². The van der Waals surface area contributed by atoms with Gasteiger partial charge in [0.15, 0.2) is 0 Å². The van der Waals surface area contributed by atoms with Gasteiger partial charge in [-0.25, -0.2) is 0 Å². The van der Waals surface area contributed by atoms with Crippen LogP contribution >= 0.6 is 0 Å². The molecule has 1 aliphatic rings. The Morgan fingerprint density at radius 2 is 2.30 bits per heavy atom. The summed E-state index contributed by atoms with van der Waals surface area (Å²) in [6, 6.07) is 8.43. The van der Waals surface area contributed by atoms with Crippen LogP contribution in [0.15, 0.2) is 24.3 Å². The van der Waals surface area contributed by atoms with Crippen molar-refractivity contribution in [2.45, 2.75) is 25.9 Å². The molecule has 0 aliphatic carbocycles. The summed E-state index contributed by atoms with van der Waals surface area (Å²) in [5, 5.41) is 2.98. The lowest BCUT2D eigenvalue weighted by Gasteiger charge is -2.17. The minimum Gasteiger partial charge on any atom is -0.352 e. The second-order valence-electron chi connectivity index (χ2n) is 5.08. The number of hydrogen-bond acceptors (Lipinski definition) is 3. The van der Waals surface area contributed by atoms with Gasteiger partial charge in [0.05, 0.1) is 6.54 Å². The number of likely N-dealkylation sites (tertiary alicyclic amines) is 1. The van der Waals surface area contributed by atoms with Crippen molar-refractivity contribution in [3.05, 3.63) is 35.4 Å². The maximum Gasteiger partial charge on any atom is 0.217 e. The summed E-state index contributed by atoms with van der Waals surface area (Å²) in [7, 11) is 0. The Bertz CT molecular complexity index is 530. The number of nitrogens with two attached hydrogens (primary N) is 1. The van der Waals surface area contributed by atoms with Gasteiger partial charge in [-0.1, -0.05) is 30.0 Å². The lowest BCUT2D eigenvalue weighted by molar-refractivity contribution is -0.119. The molecule has 0 aromatic heterocycles. The van der Waals surface area contributed by atoms with Crippen molar-refractivity contribution in [2.24, 2.45) is 5.73 Å². The Kier molecular flexibility index (Phi) is 5.16. The molecule has 1 atom stereocenters. The number of carbonyl (C=O) groups is 1. The van der Waals surface area contributed by atoms with Crippen LogP contribution in [-0.2, 0) is 11.3 Å². The predicted molar refractivity (Wildman–Crippen MR) is 79.9 cm³/mol. The molecule has 4 heteroatoms. The van der Waals surface area contributed by atoms with Crippen molar-refractivity contribution in [1.82, 2.24) is 10.2 Å². The minimum atomic E-state index is 0.0473. The lowest BCUT2D eigenvalue weighted by atomic mass is 10.1. The minimum absolute atomic E-state index is 0.0473. The molecule has 1 aliphatic heterocycles. The highest BCUT2D eigenvalue weighted by molar-refractivity contribution is 5.73. The SMILES string of the molecule is CC(=O)NC1CCN(Cc2ccccc2C#CCN)C1. The molecule has 1 saturated heterocycles. The summed E-state index contributed by atoms with van der Waals surface area (Å²) < 4.78 is 0. The van der Waals surface area contributed by atoms with Gasteiger partial charge in [0, 0.05) is 38.2 Å². The van der Waals surface area contributed by atoms with Crippen LogP contribution in [0, 0.1) is 11.8 Å². The molecule has 0 spiro atoms. The van der Waals surface area contributed by atoms with E-state index in [2.05, 4.69) is 28.1 Å². The number of carbonyl (C=O) groups excluding carboxylic acids is 1. The first-order valence-corrected chi connectivity index (χ1v) is 6.95. The molecule has 1 amide bonds. The zero-order chi connectivity index (χ0) is 14.4. The Hall–Kier alpha value is -1.83. The lowest BCUT2D eigenvalue weighted by Crippen LogP contribution is -2.35. The van der Waals surface area contributed by atoms with E-state index in [-0.39, 0.29) is 11.9 Å². The Balaban J connectivity index is 1.99. The van der Waals surface area contributed by atoms with Gasteiger partial charge in [0.1, 0.15) is 0 Å². The van der Waals surface area contributed by atoms with Gasteiger partial charge in [-0.15, -0.1) is 0 Å². The van der Waals surface area contributed by atoms with Crippen molar-refractivity contribution < 1.29 is 4.79 Å². The Morgan fingerprint density at radius 3 is 3.05 bits per heavy atom. The fraction of sp³-hybridized carbons (Fsp3) is 0.438. The van der Waals surface area contributed by atoms with Crippen LogP contribution in [-0.4, -0.2) is 36.5 Å². The molecule has 1 heterocycles. The van der Waals surface area contributed by atoms with Crippen molar-refractivity contribution in [3.8, 4) is 11.8 Å². The molecular formula is C16H21N3O. The summed E-state index contributed by atoms with van der Waals surface area (Å²) in [5.74, 6) is 6.07. The maximum absolute atomic E-state index is 11.1. The average Bonchev–Trinajstić information content (AvgIpc) is 2.84. The molecule has 3 N–H and O–H groups in total. The van der Waals surface area contributed by atoms with Crippen LogP contribution in [0.1, 0.15) is 24.5 Å². The number of hydrogen-bond donors (Lipinski definition) is 2. The molecule has 0 bridgehead atoms. The second kappa shape index (κ2) is 7.09. The molecule has 0 saturated carbocycles. The van der Waals surface area contributed by atoms with E-state index in [4.69, 9.17) is 5.73 Å². The van der Waals surface area contributed by atoms with Crippen LogP contribution in [0.3, 0.4) is 0 Å². The number of nitrogens with one attached hydrogen (secondary N) is 1. The maximum atomic E-state index is 11.1. The number of rotatable bonds is 3. The van der Waals surface area contributed by atoms with Gasteiger partial charge in [-0.05, 0) is 18.1 Å². The molecular weight excluding hydrogens is 250 g/mol. The third kappa shape index (κ3) is 4.09. The summed E-state index contributed by atoms with van der Waals surface area (Å²) >= 11 is 0. The van der Waals surface area contributed by atoms with Crippen LogP contribution in [0.25, 0.3) is 0 Å². The third-order valence-electron chi connectivity index (χ3n) is 3.42. The van der Waals surface area contributed by atoms with Gasteiger partial charge in [-0.3, -0.25) is 9.69 Å². The molecule has 0 radical (unpaired) electrons. The van der Waals surface area contributed by atoms with Gasteiger partial charge in [0.2, 0.25) is 5.91 Å². The zero-order valence-electron chi connectivity index (χ0n) is 11.9. The van der Waals surface area contributed by atoms with E-state index in [9.17, 15) is 4.79 Å². The normalized spacial score (nSPS) is 18.4. The van der Waals surface area contributed by atoms with Gasteiger partial charge in [0.25, 0.3) is 0 Å². The fourth-order valence-corrected chi connectivity index (χ4v) is 2.55. The first kappa shape index (κ1) is 14.6. The summed E-state index contributed by atoms with van der Waals surface area (Å²) in [6.07, 6.45) is 1.01. The average molecular weight is 271 g/mol. The van der Waals surface area contributed by atoms with E-state index in [1.807, 2.05) is 18.2 Å². The highest BCUT2D eigenvalue weighted by atomic mass is 16.1. The van der Waals surface area contributed by atoms with E-state index >= 15 is 0 Å². The zero-order valence-corrected chi connectivity index (χ0v) is 11.9. The quantitative estimate of drug-likeness (QED) is 0.796. The standard InChI is InChI=1S/C16H21N3O/c1-13(20)18-16-8-10-19(12-16)11-15-6-3-2-5-14(15)7-4-9-17/h2-3,5-6,16H,8-12,17H2,1H3,(H,18,20). The molecule has 20 heavy (non-hydrogen) atoms. The number of amides is 1. The molecule has 1 aromatic rings. The van der Waals surface area contributed by atoms with E-state index < -0.39 is 0 Å². The highest BCUT2D eigenvalue weighted by Gasteiger charge is 2.23. The van der Waals surface area contributed by atoms with Crippen LogP contribution in [0.4, 0.5) is 0 Å². The van der Waals surface area contributed by atoms with Crippen LogP contribution in [0.5, 0.6) is 0 Å². The third-order valence-corrected chi connectivity index (χ3v) is 3.42. The second-order valence-corrected chi connectivity index (χ2v) is 5.08. The molecule has 4 nitrogen and oxygen atoms in total. The topological polar surface area (TPSA) is 58.4 Å². The smallest absolute Gasteiger partial charge is 0.217 e. The molecule has 106 valence electrons. The van der Waals surface area contributed by atoms with E-state index in [1.165, 1.54) is 5.56 Å². The molecule has 1 unspecified atom stereocenters. The summed E-state index contributed by atoms with van der Waals surface area (Å²) in [5.41, 5.74) is 7.69. The first-order chi connectivity index (χ1) is 9.69. The van der Waals surface area contributed by atoms with E-state index in [0.29, 0.717) is 6.54 Å². The van der Waals surface area contributed by atoms with Gasteiger partial charge >= 0.3 is 0 Å². The van der Waals surface area contributed by atoms with Crippen LogP contribution in [0.2, 0.25) is 0 Å². The van der Waals surface area contributed by atoms with Crippen molar-refractivity contribution in [2.75, 3.05) is 19.6 Å². The van der Waals surface area contributed by atoms with E-state index in [0.717, 1.165) is 31.6 Å². The van der Waals surface area contributed by atoms with Gasteiger partial charge in [-0.2, -0.15) is 0 Å².